The van der Waals surface area contributed by atoms with Gasteiger partial charge in [-0.2, -0.15) is 0 Å². The Kier molecular flexibility index (Phi) is 5.86. The molecule has 0 N–H and O–H groups in total. The Bertz CT molecular complexity index is 61.1. The van der Waals surface area contributed by atoms with Crippen LogP contribution < -0.4 is 0 Å². The highest BCUT2D eigenvalue weighted by Gasteiger charge is 2.02. The number of hydrogen-bond acceptors (Lipinski definition) is 0. The van der Waals surface area contributed by atoms with E-state index >= 15 is 0 Å². The maximum absolute atomic E-state index is 5.50. The van der Waals surface area contributed by atoms with Gasteiger partial charge in [0, 0.05) is 0 Å². The third-order valence-corrected chi connectivity index (χ3v) is 2.25. The summed E-state index contributed by atoms with van der Waals surface area (Å²) in [5, 5.41) is 0. The lowest BCUT2D eigenvalue weighted by Gasteiger charge is -2.11. The monoisotopic (exact) mass is 138 g/mol. The maximum Gasteiger partial charge on any atom is 0.0656 e. The molecule has 2 atom stereocenters. The number of rotatable bonds is 5. The molecule has 0 saturated heterocycles. The minimum atomic E-state index is 0.717. The summed E-state index contributed by atoms with van der Waals surface area (Å²) in [6, 6.07) is 0. The lowest BCUT2D eigenvalue weighted by molar-refractivity contribution is 0.441. The Balaban J connectivity index is 3.17. The van der Waals surface area contributed by atoms with Gasteiger partial charge >= 0.3 is 0 Å². The van der Waals surface area contributed by atoms with Crippen molar-refractivity contribution in [3.05, 3.63) is 0 Å². The Hall–Kier alpha value is 0.0649. The predicted octanol–water partition coefficient (Wildman–Crippen LogP) is 3.04. The van der Waals surface area contributed by atoms with Crippen LogP contribution in [0, 0.1) is 11.8 Å². The normalized spacial score (nSPS) is 16.7. The van der Waals surface area contributed by atoms with Gasteiger partial charge in [-0.1, -0.05) is 52.3 Å². The molecule has 0 saturated carbocycles. The largest absolute Gasteiger partial charge is 0.0862 e. The van der Waals surface area contributed by atoms with Gasteiger partial charge in [-0.3, -0.25) is 0 Å². The van der Waals surface area contributed by atoms with Gasteiger partial charge in [-0.15, -0.1) is 0 Å². The fourth-order valence-electron chi connectivity index (χ4n) is 0.891. The van der Waals surface area contributed by atoms with Crippen LogP contribution in [-0.4, -0.2) is 7.85 Å². The van der Waals surface area contributed by atoms with Crippen molar-refractivity contribution in [1.82, 2.24) is 0 Å². The molecule has 0 aliphatic heterocycles. The van der Waals surface area contributed by atoms with E-state index in [1.54, 1.807) is 0 Å². The molecule has 0 rings (SSSR count). The molecule has 58 valence electrons. The topological polar surface area (TPSA) is 0 Å². The lowest BCUT2D eigenvalue weighted by Crippen LogP contribution is -1.98. The average molecular weight is 138 g/mol. The van der Waals surface area contributed by atoms with Gasteiger partial charge in [0.2, 0.25) is 0 Å². The molecule has 0 heterocycles. The van der Waals surface area contributed by atoms with Crippen LogP contribution in [-0.2, 0) is 0 Å². The zero-order chi connectivity index (χ0) is 7.98. The molecule has 0 aromatic heterocycles. The summed E-state index contributed by atoms with van der Waals surface area (Å²) in [6.07, 6.45) is 4.79. The molecule has 0 aliphatic carbocycles. The molecule has 10 heavy (non-hydrogen) atoms. The third kappa shape index (κ3) is 4.90. The maximum atomic E-state index is 5.50. The van der Waals surface area contributed by atoms with Crippen molar-refractivity contribution >= 4 is 7.85 Å². The van der Waals surface area contributed by atoms with Gasteiger partial charge in [0.1, 0.15) is 0 Å². The van der Waals surface area contributed by atoms with E-state index < -0.39 is 0 Å². The number of hydrogen-bond donors (Lipinski definition) is 0. The fourth-order valence-corrected chi connectivity index (χ4v) is 0.891. The molecule has 2 unspecified atom stereocenters. The molecular formula is C9H19B. The molecule has 0 aromatic rings. The smallest absolute Gasteiger partial charge is 0.0656 e. The second kappa shape index (κ2) is 5.82. The minimum Gasteiger partial charge on any atom is -0.0862 e. The van der Waals surface area contributed by atoms with Crippen LogP contribution >= 0.6 is 0 Å². The lowest BCUT2D eigenvalue weighted by atomic mass is 9.87. The molecule has 0 amide bonds. The first-order valence-corrected chi connectivity index (χ1v) is 4.40. The highest BCUT2D eigenvalue weighted by atomic mass is 14.1. The van der Waals surface area contributed by atoms with Crippen LogP contribution in [0.5, 0.6) is 0 Å². The van der Waals surface area contributed by atoms with Gasteiger partial charge in [0.05, 0.1) is 7.85 Å². The summed E-state index contributed by atoms with van der Waals surface area (Å²) in [7, 11) is 5.50. The summed E-state index contributed by atoms with van der Waals surface area (Å²) >= 11 is 0. The van der Waals surface area contributed by atoms with Crippen LogP contribution in [0.3, 0.4) is 0 Å². The molecule has 0 nitrogen and oxygen atoms in total. The van der Waals surface area contributed by atoms with Crippen LogP contribution in [0.25, 0.3) is 0 Å². The Morgan fingerprint density at radius 3 is 2.00 bits per heavy atom. The van der Waals surface area contributed by atoms with Crippen molar-refractivity contribution < 1.29 is 0 Å². The summed E-state index contributed by atoms with van der Waals surface area (Å²) in [6.45, 7) is 6.78. The zero-order valence-corrected chi connectivity index (χ0v) is 7.56. The van der Waals surface area contributed by atoms with Gasteiger partial charge in [0.25, 0.3) is 0 Å². The van der Waals surface area contributed by atoms with Crippen molar-refractivity contribution in [1.29, 1.82) is 0 Å². The van der Waals surface area contributed by atoms with Crippen molar-refractivity contribution in [2.24, 2.45) is 11.8 Å². The van der Waals surface area contributed by atoms with E-state index in [1.165, 1.54) is 19.3 Å². The van der Waals surface area contributed by atoms with Crippen LogP contribution in [0.1, 0.15) is 40.0 Å². The van der Waals surface area contributed by atoms with Crippen LogP contribution in [0.2, 0.25) is 6.32 Å². The molecule has 0 aliphatic rings. The fraction of sp³-hybridized carbons (Fsp3) is 1.00. The van der Waals surface area contributed by atoms with Crippen molar-refractivity contribution in [3.63, 3.8) is 0 Å². The Morgan fingerprint density at radius 2 is 1.60 bits per heavy atom. The Morgan fingerprint density at radius 1 is 1.10 bits per heavy atom. The van der Waals surface area contributed by atoms with Crippen LogP contribution in [0.15, 0.2) is 0 Å². The molecule has 0 bridgehead atoms. The van der Waals surface area contributed by atoms with Gasteiger partial charge in [-0.05, 0) is 5.92 Å². The van der Waals surface area contributed by atoms with E-state index in [1.807, 2.05) is 0 Å². The summed E-state index contributed by atoms with van der Waals surface area (Å²) in [4.78, 5) is 0. The highest BCUT2D eigenvalue weighted by molar-refractivity contribution is 6.08. The zero-order valence-electron chi connectivity index (χ0n) is 7.56. The molecule has 1 heteroatoms. The molecule has 0 aromatic carbocycles. The van der Waals surface area contributed by atoms with E-state index in [2.05, 4.69) is 20.8 Å². The first-order chi connectivity index (χ1) is 4.70. The minimum absolute atomic E-state index is 0.717. The van der Waals surface area contributed by atoms with E-state index in [4.69, 9.17) is 7.85 Å². The standard InChI is InChI=1S/C9H19B/c1-4-8(2)5-6-9(3)7-10/h8-9H,4-7H2,1-3H3. The van der Waals surface area contributed by atoms with E-state index in [0.717, 1.165) is 12.2 Å². The predicted molar refractivity (Wildman–Crippen MR) is 48.4 cm³/mol. The second-order valence-electron chi connectivity index (χ2n) is 3.43. The van der Waals surface area contributed by atoms with Crippen LogP contribution in [0.4, 0.5) is 0 Å². The molecular weight excluding hydrogens is 119 g/mol. The van der Waals surface area contributed by atoms with Gasteiger partial charge in [0.15, 0.2) is 0 Å². The first-order valence-electron chi connectivity index (χ1n) is 4.40. The molecule has 2 radical (unpaired) electrons. The highest BCUT2D eigenvalue weighted by Crippen LogP contribution is 2.16. The second-order valence-corrected chi connectivity index (χ2v) is 3.43. The molecule has 0 spiro atoms. The Labute approximate surface area is 66.8 Å². The average Bonchev–Trinajstić information content (AvgIpc) is 1.99. The van der Waals surface area contributed by atoms with Crippen molar-refractivity contribution in [3.8, 4) is 0 Å². The van der Waals surface area contributed by atoms with Crippen molar-refractivity contribution in [2.75, 3.05) is 0 Å². The van der Waals surface area contributed by atoms with E-state index in [0.29, 0.717) is 5.92 Å². The molecule has 0 fully saturated rings. The van der Waals surface area contributed by atoms with Gasteiger partial charge < -0.3 is 0 Å². The summed E-state index contributed by atoms with van der Waals surface area (Å²) < 4.78 is 0. The summed E-state index contributed by atoms with van der Waals surface area (Å²) in [5.74, 6) is 1.60. The first kappa shape index (κ1) is 10.1. The van der Waals surface area contributed by atoms with E-state index in [-0.39, 0.29) is 0 Å². The van der Waals surface area contributed by atoms with E-state index in [9.17, 15) is 0 Å². The summed E-state index contributed by atoms with van der Waals surface area (Å²) in [5.41, 5.74) is 0. The SMILES string of the molecule is [B]CC(C)CCC(C)CC. The van der Waals surface area contributed by atoms with Crippen molar-refractivity contribution in [2.45, 2.75) is 46.4 Å². The van der Waals surface area contributed by atoms with Gasteiger partial charge in [-0.25, -0.2) is 0 Å². The third-order valence-electron chi connectivity index (χ3n) is 2.25. The quantitative estimate of drug-likeness (QED) is 0.512.